The lowest BCUT2D eigenvalue weighted by Gasteiger charge is -2.18. The van der Waals surface area contributed by atoms with Crippen LogP contribution >= 0.6 is 11.8 Å². The van der Waals surface area contributed by atoms with Gasteiger partial charge >= 0.3 is 0 Å². The van der Waals surface area contributed by atoms with Gasteiger partial charge in [-0.15, -0.1) is 11.8 Å². The van der Waals surface area contributed by atoms with E-state index in [1.54, 1.807) is 0 Å². The molecule has 1 aliphatic rings. The Balaban J connectivity index is 2.27. The van der Waals surface area contributed by atoms with Crippen molar-refractivity contribution >= 4 is 11.8 Å². The third-order valence-corrected chi connectivity index (χ3v) is 3.69. The van der Waals surface area contributed by atoms with Crippen molar-refractivity contribution in [3.05, 3.63) is 29.8 Å². The fraction of sp³-hybridized carbons (Fsp3) is 0.500. The minimum Gasteiger partial charge on any atom is -0.313 e. The van der Waals surface area contributed by atoms with Crippen LogP contribution in [0.3, 0.4) is 0 Å². The van der Waals surface area contributed by atoms with E-state index in [-0.39, 0.29) is 0 Å². The van der Waals surface area contributed by atoms with Gasteiger partial charge in [0.2, 0.25) is 0 Å². The zero-order valence-corrected chi connectivity index (χ0v) is 9.60. The van der Waals surface area contributed by atoms with Crippen LogP contribution in [0.2, 0.25) is 0 Å². The molecule has 0 aromatic heterocycles. The average Bonchev–Trinajstić information content (AvgIpc) is 3.04. The molecule has 2 rings (SSSR count). The Morgan fingerprint density at radius 1 is 1.36 bits per heavy atom. The van der Waals surface area contributed by atoms with E-state index in [0.29, 0.717) is 6.04 Å². The van der Waals surface area contributed by atoms with Crippen LogP contribution in [0.4, 0.5) is 0 Å². The minimum atomic E-state index is 0.568. The first-order chi connectivity index (χ1) is 6.86. The molecule has 1 N–H and O–H groups in total. The molecule has 0 heterocycles. The molecule has 1 unspecified atom stereocenters. The Hall–Kier alpha value is -0.470. The highest BCUT2D eigenvalue weighted by atomic mass is 32.2. The minimum absolute atomic E-state index is 0.568. The second kappa shape index (κ2) is 4.37. The summed E-state index contributed by atoms with van der Waals surface area (Å²) in [6.07, 6.45) is 4.92. The summed E-state index contributed by atoms with van der Waals surface area (Å²) in [5, 5.41) is 3.44. The van der Waals surface area contributed by atoms with Crippen LogP contribution < -0.4 is 5.32 Å². The van der Waals surface area contributed by atoms with E-state index in [0.717, 1.165) is 5.92 Å². The number of benzene rings is 1. The summed E-state index contributed by atoms with van der Waals surface area (Å²) < 4.78 is 0. The van der Waals surface area contributed by atoms with E-state index < -0.39 is 0 Å². The molecule has 0 aliphatic heterocycles. The standard InChI is InChI=1S/C12H17NS/c1-13-12(9-7-8-9)10-5-3-4-6-11(10)14-2/h3-6,9,12-13H,7-8H2,1-2H3. The average molecular weight is 207 g/mol. The van der Waals surface area contributed by atoms with Gasteiger partial charge < -0.3 is 5.32 Å². The molecular formula is C12H17NS. The summed E-state index contributed by atoms with van der Waals surface area (Å²) >= 11 is 1.84. The van der Waals surface area contributed by atoms with Crippen LogP contribution in [-0.4, -0.2) is 13.3 Å². The number of thioether (sulfide) groups is 1. The lowest BCUT2D eigenvalue weighted by atomic mass is 10.0. The first kappa shape index (κ1) is 10.1. The third kappa shape index (κ3) is 1.96. The van der Waals surface area contributed by atoms with Crippen LogP contribution in [0.25, 0.3) is 0 Å². The highest BCUT2D eigenvalue weighted by Crippen LogP contribution is 2.42. The normalized spacial score (nSPS) is 18.1. The molecule has 14 heavy (non-hydrogen) atoms. The van der Waals surface area contributed by atoms with E-state index in [1.807, 2.05) is 11.8 Å². The predicted molar refractivity (Wildman–Crippen MR) is 62.7 cm³/mol. The number of hydrogen-bond acceptors (Lipinski definition) is 2. The monoisotopic (exact) mass is 207 g/mol. The Morgan fingerprint density at radius 2 is 2.07 bits per heavy atom. The van der Waals surface area contributed by atoms with Crippen molar-refractivity contribution in [1.82, 2.24) is 5.32 Å². The number of hydrogen-bond donors (Lipinski definition) is 1. The molecule has 0 amide bonds. The predicted octanol–water partition coefficient (Wildman–Crippen LogP) is 3.08. The molecule has 0 radical (unpaired) electrons. The van der Waals surface area contributed by atoms with Crippen molar-refractivity contribution in [2.45, 2.75) is 23.8 Å². The Morgan fingerprint density at radius 3 is 2.64 bits per heavy atom. The van der Waals surface area contributed by atoms with E-state index in [9.17, 15) is 0 Å². The molecule has 76 valence electrons. The molecule has 1 saturated carbocycles. The summed E-state index contributed by atoms with van der Waals surface area (Å²) in [6, 6.07) is 9.30. The smallest absolute Gasteiger partial charge is 0.0357 e. The van der Waals surface area contributed by atoms with E-state index >= 15 is 0 Å². The summed E-state index contributed by atoms with van der Waals surface area (Å²) in [4.78, 5) is 1.42. The molecule has 0 bridgehead atoms. The van der Waals surface area contributed by atoms with Crippen molar-refractivity contribution < 1.29 is 0 Å². The first-order valence-electron chi connectivity index (χ1n) is 5.17. The fourth-order valence-corrected chi connectivity index (χ4v) is 2.64. The van der Waals surface area contributed by atoms with Gasteiger partial charge in [0, 0.05) is 10.9 Å². The van der Waals surface area contributed by atoms with E-state index in [4.69, 9.17) is 0 Å². The van der Waals surface area contributed by atoms with Gasteiger partial charge in [-0.05, 0) is 43.7 Å². The zero-order chi connectivity index (χ0) is 9.97. The molecule has 1 nitrogen and oxygen atoms in total. The van der Waals surface area contributed by atoms with Gasteiger partial charge in [-0.25, -0.2) is 0 Å². The third-order valence-electron chi connectivity index (χ3n) is 2.88. The second-order valence-electron chi connectivity index (χ2n) is 3.85. The van der Waals surface area contributed by atoms with E-state index in [2.05, 4.69) is 42.9 Å². The first-order valence-corrected chi connectivity index (χ1v) is 6.39. The van der Waals surface area contributed by atoms with Gasteiger partial charge in [-0.3, -0.25) is 0 Å². The topological polar surface area (TPSA) is 12.0 Å². The second-order valence-corrected chi connectivity index (χ2v) is 4.69. The Labute approximate surface area is 90.3 Å². The summed E-state index contributed by atoms with van der Waals surface area (Å²) in [5.74, 6) is 0.869. The van der Waals surface area contributed by atoms with Gasteiger partial charge in [-0.2, -0.15) is 0 Å². The quantitative estimate of drug-likeness (QED) is 0.761. The summed E-state index contributed by atoms with van der Waals surface area (Å²) in [5.41, 5.74) is 1.48. The Bertz CT molecular complexity index is 307. The van der Waals surface area contributed by atoms with E-state index in [1.165, 1.54) is 23.3 Å². The van der Waals surface area contributed by atoms with Gasteiger partial charge in [0.05, 0.1) is 0 Å². The van der Waals surface area contributed by atoms with Crippen LogP contribution in [0, 0.1) is 5.92 Å². The lowest BCUT2D eigenvalue weighted by molar-refractivity contribution is 0.521. The SMILES string of the molecule is CNC(c1ccccc1SC)C1CC1. The summed E-state index contributed by atoms with van der Waals surface area (Å²) in [7, 11) is 2.07. The number of rotatable bonds is 4. The van der Waals surface area contributed by atoms with Crippen molar-refractivity contribution in [3.8, 4) is 0 Å². The molecule has 1 aromatic rings. The lowest BCUT2D eigenvalue weighted by Crippen LogP contribution is -2.18. The molecule has 1 fully saturated rings. The van der Waals surface area contributed by atoms with Crippen molar-refractivity contribution in [3.63, 3.8) is 0 Å². The maximum absolute atomic E-state index is 3.44. The van der Waals surface area contributed by atoms with Gasteiger partial charge in [0.1, 0.15) is 0 Å². The van der Waals surface area contributed by atoms with Crippen molar-refractivity contribution in [2.24, 2.45) is 5.92 Å². The zero-order valence-electron chi connectivity index (χ0n) is 8.79. The molecule has 2 heteroatoms. The molecule has 1 aromatic carbocycles. The maximum Gasteiger partial charge on any atom is 0.0357 e. The molecule has 0 spiro atoms. The molecular weight excluding hydrogens is 190 g/mol. The van der Waals surface area contributed by atoms with Gasteiger partial charge in [0.25, 0.3) is 0 Å². The number of nitrogens with one attached hydrogen (secondary N) is 1. The fourth-order valence-electron chi connectivity index (χ4n) is 2.00. The molecule has 1 aliphatic carbocycles. The van der Waals surface area contributed by atoms with Crippen LogP contribution in [0.15, 0.2) is 29.2 Å². The highest BCUT2D eigenvalue weighted by Gasteiger charge is 2.32. The molecule has 0 saturated heterocycles. The van der Waals surface area contributed by atoms with Gasteiger partial charge in [-0.1, -0.05) is 18.2 Å². The summed E-state index contributed by atoms with van der Waals surface area (Å²) in [6.45, 7) is 0. The van der Waals surface area contributed by atoms with Crippen LogP contribution in [0.1, 0.15) is 24.4 Å². The van der Waals surface area contributed by atoms with Crippen molar-refractivity contribution in [1.29, 1.82) is 0 Å². The van der Waals surface area contributed by atoms with Crippen LogP contribution in [-0.2, 0) is 0 Å². The van der Waals surface area contributed by atoms with Gasteiger partial charge in [0.15, 0.2) is 0 Å². The Kier molecular flexibility index (Phi) is 3.14. The maximum atomic E-state index is 3.44. The largest absolute Gasteiger partial charge is 0.313 e. The highest BCUT2D eigenvalue weighted by molar-refractivity contribution is 7.98. The molecule has 1 atom stereocenters. The van der Waals surface area contributed by atoms with Crippen LogP contribution in [0.5, 0.6) is 0 Å². The van der Waals surface area contributed by atoms with Crippen molar-refractivity contribution in [2.75, 3.05) is 13.3 Å².